The van der Waals surface area contributed by atoms with Crippen molar-refractivity contribution in [3.63, 3.8) is 0 Å². The van der Waals surface area contributed by atoms with Crippen LogP contribution in [0, 0.1) is 6.92 Å². The Morgan fingerprint density at radius 1 is 1.05 bits per heavy atom. The Hall–Kier alpha value is -2.29. The van der Waals surface area contributed by atoms with E-state index >= 15 is 0 Å². The lowest BCUT2D eigenvalue weighted by atomic mass is 10.1. The van der Waals surface area contributed by atoms with Crippen LogP contribution in [0.2, 0.25) is 0 Å². The third-order valence-corrected chi connectivity index (χ3v) is 2.93. The van der Waals surface area contributed by atoms with E-state index < -0.39 is 0 Å². The molecule has 19 heavy (non-hydrogen) atoms. The normalized spacial score (nSPS) is 10.0. The molecule has 0 saturated heterocycles. The molecule has 0 bridgehead atoms. The Kier molecular flexibility index (Phi) is 4.18. The lowest BCUT2D eigenvalue weighted by Crippen LogP contribution is -2.06. The number of benzene rings is 2. The maximum Gasteiger partial charge on any atom is 0.221 e. The summed E-state index contributed by atoms with van der Waals surface area (Å²) in [5, 5.41) is 6.14. The van der Waals surface area contributed by atoms with Gasteiger partial charge < -0.3 is 10.6 Å². The predicted molar refractivity (Wildman–Crippen MR) is 79.3 cm³/mol. The SMILES string of the molecule is CC(=O)Nc1cccc(NCc2ccccc2C)c1. The number of amides is 1. The second-order valence-corrected chi connectivity index (χ2v) is 4.54. The number of nitrogens with one attached hydrogen (secondary N) is 2. The Labute approximate surface area is 113 Å². The van der Waals surface area contributed by atoms with Crippen molar-refractivity contribution in [3.05, 3.63) is 59.7 Å². The number of hydrogen-bond acceptors (Lipinski definition) is 2. The standard InChI is InChI=1S/C16H18N2O/c1-12-6-3-4-7-14(12)11-17-15-8-5-9-16(10-15)18-13(2)19/h3-10,17H,11H2,1-2H3,(H,18,19). The van der Waals surface area contributed by atoms with Crippen LogP contribution in [0.15, 0.2) is 48.5 Å². The molecule has 2 aromatic rings. The molecular weight excluding hydrogens is 236 g/mol. The summed E-state index contributed by atoms with van der Waals surface area (Å²) in [6.45, 7) is 4.38. The van der Waals surface area contributed by atoms with Gasteiger partial charge in [0.15, 0.2) is 0 Å². The van der Waals surface area contributed by atoms with E-state index in [1.54, 1.807) is 0 Å². The van der Waals surface area contributed by atoms with E-state index in [-0.39, 0.29) is 5.91 Å². The highest BCUT2D eigenvalue weighted by Gasteiger charge is 1.99. The molecule has 0 atom stereocenters. The molecule has 2 aromatic carbocycles. The number of anilines is 2. The molecule has 0 unspecified atom stereocenters. The lowest BCUT2D eigenvalue weighted by Gasteiger charge is -2.10. The summed E-state index contributed by atoms with van der Waals surface area (Å²) in [4.78, 5) is 11.0. The molecule has 0 aliphatic heterocycles. The fraction of sp³-hybridized carbons (Fsp3) is 0.188. The molecule has 3 heteroatoms. The average molecular weight is 254 g/mol. The first-order valence-corrected chi connectivity index (χ1v) is 6.31. The molecule has 0 aliphatic rings. The van der Waals surface area contributed by atoms with Crippen molar-refractivity contribution in [1.82, 2.24) is 0 Å². The molecule has 0 aliphatic carbocycles. The Balaban J connectivity index is 2.03. The highest BCUT2D eigenvalue weighted by atomic mass is 16.1. The summed E-state index contributed by atoms with van der Waals surface area (Å²) >= 11 is 0. The van der Waals surface area contributed by atoms with Crippen molar-refractivity contribution in [2.45, 2.75) is 20.4 Å². The van der Waals surface area contributed by atoms with Crippen LogP contribution in [0.3, 0.4) is 0 Å². The van der Waals surface area contributed by atoms with Gasteiger partial charge in [-0.05, 0) is 36.2 Å². The van der Waals surface area contributed by atoms with Crippen LogP contribution in [-0.4, -0.2) is 5.91 Å². The lowest BCUT2D eigenvalue weighted by molar-refractivity contribution is -0.114. The van der Waals surface area contributed by atoms with Gasteiger partial charge in [0, 0.05) is 24.8 Å². The van der Waals surface area contributed by atoms with Crippen LogP contribution in [0.25, 0.3) is 0 Å². The second-order valence-electron chi connectivity index (χ2n) is 4.54. The molecule has 1 amide bonds. The van der Waals surface area contributed by atoms with E-state index in [0.29, 0.717) is 0 Å². The molecule has 0 aromatic heterocycles. The van der Waals surface area contributed by atoms with Crippen molar-refractivity contribution in [2.24, 2.45) is 0 Å². The van der Waals surface area contributed by atoms with Gasteiger partial charge in [-0.3, -0.25) is 4.79 Å². The van der Waals surface area contributed by atoms with E-state index in [1.807, 2.05) is 36.4 Å². The fourth-order valence-electron chi connectivity index (χ4n) is 1.92. The maximum atomic E-state index is 11.0. The topological polar surface area (TPSA) is 41.1 Å². The van der Waals surface area contributed by atoms with Gasteiger partial charge in [-0.2, -0.15) is 0 Å². The minimum absolute atomic E-state index is 0.0592. The Morgan fingerprint density at radius 3 is 2.53 bits per heavy atom. The first kappa shape index (κ1) is 13.1. The Bertz CT molecular complexity index is 578. The first-order chi connectivity index (χ1) is 9.15. The fourth-order valence-corrected chi connectivity index (χ4v) is 1.92. The molecule has 0 saturated carbocycles. The zero-order chi connectivity index (χ0) is 13.7. The number of aryl methyl sites for hydroxylation is 1. The van der Waals surface area contributed by atoms with E-state index in [1.165, 1.54) is 18.1 Å². The summed E-state index contributed by atoms with van der Waals surface area (Å²) in [5.74, 6) is -0.0592. The summed E-state index contributed by atoms with van der Waals surface area (Å²) in [5.41, 5.74) is 4.34. The molecule has 2 N–H and O–H groups in total. The molecule has 2 rings (SSSR count). The third-order valence-electron chi connectivity index (χ3n) is 2.93. The molecular formula is C16H18N2O. The highest BCUT2D eigenvalue weighted by Crippen LogP contribution is 2.16. The van der Waals surface area contributed by atoms with Crippen LogP contribution in [-0.2, 0) is 11.3 Å². The van der Waals surface area contributed by atoms with Crippen molar-refractivity contribution in [2.75, 3.05) is 10.6 Å². The molecule has 98 valence electrons. The zero-order valence-corrected chi connectivity index (χ0v) is 11.2. The Morgan fingerprint density at radius 2 is 1.79 bits per heavy atom. The van der Waals surface area contributed by atoms with Crippen molar-refractivity contribution < 1.29 is 4.79 Å². The highest BCUT2D eigenvalue weighted by molar-refractivity contribution is 5.89. The quantitative estimate of drug-likeness (QED) is 0.875. The maximum absolute atomic E-state index is 11.0. The predicted octanol–water partition coefficient (Wildman–Crippen LogP) is 3.57. The monoisotopic (exact) mass is 254 g/mol. The van der Waals surface area contributed by atoms with Gasteiger partial charge in [-0.15, -0.1) is 0 Å². The van der Waals surface area contributed by atoms with Crippen LogP contribution in [0.1, 0.15) is 18.1 Å². The van der Waals surface area contributed by atoms with Crippen LogP contribution in [0.4, 0.5) is 11.4 Å². The van der Waals surface area contributed by atoms with Gasteiger partial charge in [0.05, 0.1) is 0 Å². The zero-order valence-electron chi connectivity index (χ0n) is 11.2. The number of rotatable bonds is 4. The number of carbonyl (C=O) groups is 1. The summed E-state index contributed by atoms with van der Waals surface area (Å²) in [7, 11) is 0. The van der Waals surface area contributed by atoms with Crippen molar-refractivity contribution in [3.8, 4) is 0 Å². The summed E-state index contributed by atoms with van der Waals surface area (Å²) < 4.78 is 0. The third kappa shape index (κ3) is 3.85. The van der Waals surface area contributed by atoms with Crippen LogP contribution >= 0.6 is 0 Å². The molecule has 0 heterocycles. The van der Waals surface area contributed by atoms with E-state index in [9.17, 15) is 4.79 Å². The molecule has 0 spiro atoms. The summed E-state index contributed by atoms with van der Waals surface area (Å²) in [6, 6.07) is 16.0. The van der Waals surface area contributed by atoms with Gasteiger partial charge in [-0.25, -0.2) is 0 Å². The minimum atomic E-state index is -0.0592. The van der Waals surface area contributed by atoms with Gasteiger partial charge in [0.1, 0.15) is 0 Å². The van der Waals surface area contributed by atoms with Crippen molar-refractivity contribution in [1.29, 1.82) is 0 Å². The van der Waals surface area contributed by atoms with Gasteiger partial charge in [-0.1, -0.05) is 30.3 Å². The van der Waals surface area contributed by atoms with Gasteiger partial charge in [0.2, 0.25) is 5.91 Å². The number of hydrogen-bond donors (Lipinski definition) is 2. The average Bonchev–Trinajstić information content (AvgIpc) is 2.37. The number of carbonyl (C=O) groups excluding carboxylic acids is 1. The van der Waals surface area contributed by atoms with Crippen LogP contribution in [0.5, 0.6) is 0 Å². The van der Waals surface area contributed by atoms with Gasteiger partial charge >= 0.3 is 0 Å². The van der Waals surface area contributed by atoms with E-state index in [0.717, 1.165) is 17.9 Å². The second kappa shape index (κ2) is 6.05. The van der Waals surface area contributed by atoms with Crippen LogP contribution < -0.4 is 10.6 Å². The first-order valence-electron chi connectivity index (χ1n) is 6.31. The minimum Gasteiger partial charge on any atom is -0.381 e. The molecule has 0 fully saturated rings. The van der Waals surface area contributed by atoms with E-state index in [2.05, 4.69) is 29.7 Å². The van der Waals surface area contributed by atoms with Gasteiger partial charge in [0.25, 0.3) is 0 Å². The smallest absolute Gasteiger partial charge is 0.221 e. The van der Waals surface area contributed by atoms with E-state index in [4.69, 9.17) is 0 Å². The van der Waals surface area contributed by atoms with Crippen molar-refractivity contribution >= 4 is 17.3 Å². The summed E-state index contributed by atoms with van der Waals surface area (Å²) in [6.07, 6.45) is 0. The molecule has 3 nitrogen and oxygen atoms in total. The largest absolute Gasteiger partial charge is 0.381 e. The molecule has 0 radical (unpaired) electrons.